The number of aliphatic hydroxyl groups is 2. The van der Waals surface area contributed by atoms with E-state index in [2.05, 4.69) is 5.32 Å². The highest BCUT2D eigenvalue weighted by Gasteiger charge is 2.27. The van der Waals surface area contributed by atoms with Crippen molar-refractivity contribution in [1.82, 2.24) is 15.1 Å². The van der Waals surface area contributed by atoms with Crippen LogP contribution in [-0.2, 0) is 4.79 Å². The zero-order valence-corrected chi connectivity index (χ0v) is 11.9. The second-order valence-corrected chi connectivity index (χ2v) is 5.60. The summed E-state index contributed by atoms with van der Waals surface area (Å²) >= 11 is 0. The van der Waals surface area contributed by atoms with Crippen LogP contribution in [0.1, 0.15) is 13.8 Å². The van der Waals surface area contributed by atoms with Crippen LogP contribution >= 0.6 is 0 Å². The molecule has 116 valence electrons. The van der Waals surface area contributed by atoms with Crippen molar-refractivity contribution < 1.29 is 24.9 Å². The van der Waals surface area contributed by atoms with E-state index in [1.807, 2.05) is 4.90 Å². The molecule has 1 aliphatic heterocycles. The smallest absolute Gasteiger partial charge is 0.328 e. The number of piperazine rings is 1. The molecule has 0 aliphatic carbocycles. The Bertz CT molecular complexity index is 347. The molecule has 1 unspecified atom stereocenters. The number of amides is 2. The van der Waals surface area contributed by atoms with E-state index in [1.54, 1.807) is 13.8 Å². The van der Waals surface area contributed by atoms with Crippen LogP contribution in [0.2, 0.25) is 0 Å². The van der Waals surface area contributed by atoms with Crippen LogP contribution < -0.4 is 5.32 Å². The molecular formula is C12H23N3O5. The first-order valence-electron chi connectivity index (χ1n) is 6.57. The molecule has 2 amide bonds. The van der Waals surface area contributed by atoms with E-state index in [1.165, 1.54) is 4.90 Å². The normalized spacial score (nSPS) is 18.7. The molecule has 0 aromatic rings. The molecule has 8 nitrogen and oxygen atoms in total. The van der Waals surface area contributed by atoms with Crippen LogP contribution in [-0.4, -0.2) is 88.1 Å². The van der Waals surface area contributed by atoms with Gasteiger partial charge in [-0.05, 0) is 13.8 Å². The lowest BCUT2D eigenvalue weighted by molar-refractivity contribution is -0.140. The molecule has 8 heteroatoms. The maximum atomic E-state index is 11.8. The van der Waals surface area contributed by atoms with E-state index >= 15 is 0 Å². The predicted molar refractivity (Wildman–Crippen MR) is 71.4 cm³/mol. The number of nitrogens with one attached hydrogen (secondary N) is 1. The van der Waals surface area contributed by atoms with E-state index in [0.717, 1.165) is 0 Å². The number of aliphatic carboxylic acids is 1. The molecule has 1 atom stereocenters. The zero-order chi connectivity index (χ0) is 15.3. The Hall–Kier alpha value is -1.38. The number of hydrogen-bond acceptors (Lipinski definition) is 5. The topological polar surface area (TPSA) is 113 Å². The second-order valence-electron chi connectivity index (χ2n) is 5.60. The van der Waals surface area contributed by atoms with E-state index < -0.39 is 30.3 Å². The molecule has 0 aromatic heterocycles. The van der Waals surface area contributed by atoms with Gasteiger partial charge in [0.2, 0.25) is 0 Å². The fourth-order valence-electron chi connectivity index (χ4n) is 2.08. The predicted octanol–water partition coefficient (Wildman–Crippen LogP) is -1.47. The lowest BCUT2D eigenvalue weighted by atomic mass is 10.1. The number of carbonyl (C=O) groups excluding carboxylic acids is 1. The minimum Gasteiger partial charge on any atom is -0.480 e. The van der Waals surface area contributed by atoms with Crippen LogP contribution in [0.5, 0.6) is 0 Å². The van der Waals surface area contributed by atoms with Crippen molar-refractivity contribution in [2.24, 2.45) is 0 Å². The molecule has 0 spiro atoms. The van der Waals surface area contributed by atoms with Crippen molar-refractivity contribution in [2.45, 2.75) is 25.5 Å². The van der Waals surface area contributed by atoms with Crippen molar-refractivity contribution in [2.75, 3.05) is 39.3 Å². The summed E-state index contributed by atoms with van der Waals surface area (Å²) in [4.78, 5) is 26.1. The second kappa shape index (κ2) is 6.87. The van der Waals surface area contributed by atoms with Gasteiger partial charge in [-0.3, -0.25) is 4.90 Å². The van der Waals surface area contributed by atoms with Gasteiger partial charge in [0.25, 0.3) is 0 Å². The standard InChI is InChI=1S/C12H23N3O5/c1-12(2,20)8-14-3-5-15(6-4-14)11(19)13-9(7-16)10(17)18/h9,16,20H,3-8H2,1-2H3,(H,13,19)(H,17,18). The molecule has 0 aromatic carbocycles. The summed E-state index contributed by atoms with van der Waals surface area (Å²) in [5, 5.41) is 29.6. The first kappa shape index (κ1) is 16.7. The number of β-amino-alcohol motifs (C(OH)–C–C–N with tert-alkyl or cyclic N) is 1. The Morgan fingerprint density at radius 3 is 2.20 bits per heavy atom. The van der Waals surface area contributed by atoms with Gasteiger partial charge < -0.3 is 25.5 Å². The summed E-state index contributed by atoms with van der Waals surface area (Å²) in [5.41, 5.74) is -0.782. The van der Waals surface area contributed by atoms with Crippen molar-refractivity contribution >= 4 is 12.0 Å². The van der Waals surface area contributed by atoms with Gasteiger partial charge in [-0.2, -0.15) is 0 Å². The maximum Gasteiger partial charge on any atom is 0.328 e. The van der Waals surface area contributed by atoms with E-state index in [-0.39, 0.29) is 0 Å². The quantitative estimate of drug-likeness (QED) is 0.491. The summed E-state index contributed by atoms with van der Waals surface area (Å²) in [5.74, 6) is -1.26. The molecule has 0 saturated carbocycles. The van der Waals surface area contributed by atoms with Gasteiger partial charge in [-0.25, -0.2) is 9.59 Å². The first-order valence-corrected chi connectivity index (χ1v) is 6.57. The average molecular weight is 289 g/mol. The maximum absolute atomic E-state index is 11.8. The largest absolute Gasteiger partial charge is 0.480 e. The number of carbonyl (C=O) groups is 2. The van der Waals surface area contributed by atoms with Crippen molar-refractivity contribution in [3.63, 3.8) is 0 Å². The van der Waals surface area contributed by atoms with Gasteiger partial charge in [0, 0.05) is 32.7 Å². The van der Waals surface area contributed by atoms with E-state index in [4.69, 9.17) is 10.2 Å². The number of nitrogens with zero attached hydrogens (tertiary/aromatic N) is 2. The first-order chi connectivity index (χ1) is 9.23. The van der Waals surface area contributed by atoms with Crippen LogP contribution in [0.4, 0.5) is 4.79 Å². The third-order valence-electron chi connectivity index (χ3n) is 3.05. The molecule has 0 bridgehead atoms. The molecule has 4 N–H and O–H groups in total. The molecule has 1 saturated heterocycles. The third-order valence-corrected chi connectivity index (χ3v) is 3.05. The molecule has 1 aliphatic rings. The monoisotopic (exact) mass is 289 g/mol. The number of hydrogen-bond donors (Lipinski definition) is 4. The van der Waals surface area contributed by atoms with Gasteiger partial charge in [0.1, 0.15) is 0 Å². The molecule has 1 heterocycles. The van der Waals surface area contributed by atoms with Gasteiger partial charge in [-0.15, -0.1) is 0 Å². The highest BCUT2D eigenvalue weighted by molar-refractivity contribution is 5.82. The van der Waals surface area contributed by atoms with Gasteiger partial charge in [0.15, 0.2) is 6.04 Å². The van der Waals surface area contributed by atoms with E-state index in [0.29, 0.717) is 32.7 Å². The number of urea groups is 1. The van der Waals surface area contributed by atoms with Gasteiger partial charge >= 0.3 is 12.0 Å². The van der Waals surface area contributed by atoms with Crippen LogP contribution in [0.15, 0.2) is 0 Å². The summed E-state index contributed by atoms with van der Waals surface area (Å²) in [6, 6.07) is -1.77. The Morgan fingerprint density at radius 2 is 1.80 bits per heavy atom. The number of carboxylic acid groups (broad SMARTS) is 1. The number of carboxylic acids is 1. The fraction of sp³-hybridized carbons (Fsp3) is 0.833. The van der Waals surface area contributed by atoms with Crippen LogP contribution in [0.3, 0.4) is 0 Å². The minimum absolute atomic E-state index is 0.458. The van der Waals surface area contributed by atoms with Crippen molar-refractivity contribution in [3.8, 4) is 0 Å². The Morgan fingerprint density at radius 1 is 1.25 bits per heavy atom. The highest BCUT2D eigenvalue weighted by Crippen LogP contribution is 2.08. The number of rotatable bonds is 5. The Labute approximate surface area is 118 Å². The Kier molecular flexibility index (Phi) is 5.73. The van der Waals surface area contributed by atoms with Gasteiger partial charge in [0.05, 0.1) is 12.2 Å². The van der Waals surface area contributed by atoms with Crippen LogP contribution in [0, 0.1) is 0 Å². The summed E-state index contributed by atoms with van der Waals surface area (Å²) in [7, 11) is 0. The van der Waals surface area contributed by atoms with Crippen molar-refractivity contribution in [3.05, 3.63) is 0 Å². The van der Waals surface area contributed by atoms with Gasteiger partial charge in [-0.1, -0.05) is 0 Å². The number of aliphatic hydroxyl groups excluding tert-OH is 1. The molecular weight excluding hydrogens is 266 g/mol. The summed E-state index contributed by atoms with van der Waals surface area (Å²) < 4.78 is 0. The summed E-state index contributed by atoms with van der Waals surface area (Å²) in [6.07, 6.45) is 0. The van der Waals surface area contributed by atoms with E-state index in [9.17, 15) is 14.7 Å². The average Bonchev–Trinajstić information content (AvgIpc) is 2.34. The zero-order valence-electron chi connectivity index (χ0n) is 11.9. The minimum atomic E-state index is -1.28. The summed E-state index contributed by atoms with van der Waals surface area (Å²) in [6.45, 7) is 5.49. The van der Waals surface area contributed by atoms with Crippen molar-refractivity contribution in [1.29, 1.82) is 0 Å². The highest BCUT2D eigenvalue weighted by atomic mass is 16.4. The molecule has 1 fully saturated rings. The molecule has 20 heavy (non-hydrogen) atoms. The molecule has 1 rings (SSSR count). The Balaban J connectivity index is 2.41. The fourth-order valence-corrected chi connectivity index (χ4v) is 2.08. The lowest BCUT2D eigenvalue weighted by Gasteiger charge is -2.37. The molecule has 0 radical (unpaired) electrons. The SMILES string of the molecule is CC(C)(O)CN1CCN(C(=O)NC(CO)C(=O)O)CC1. The third kappa shape index (κ3) is 5.32. The lowest BCUT2D eigenvalue weighted by Crippen LogP contribution is -2.56. The van der Waals surface area contributed by atoms with Crippen LogP contribution in [0.25, 0.3) is 0 Å².